The van der Waals surface area contributed by atoms with E-state index in [4.69, 9.17) is 4.74 Å². The molecule has 0 atom stereocenters. The predicted octanol–water partition coefficient (Wildman–Crippen LogP) is 4.07. The molecule has 3 aromatic rings. The maximum Gasteiger partial charge on any atom is 0.289 e. The number of amidine groups is 1. The van der Waals surface area contributed by atoms with Crippen LogP contribution >= 0.6 is 11.8 Å². The summed E-state index contributed by atoms with van der Waals surface area (Å²) in [6, 6.07) is 16.7. The van der Waals surface area contributed by atoms with Crippen LogP contribution in [0.5, 0.6) is 5.75 Å². The van der Waals surface area contributed by atoms with Gasteiger partial charge in [-0.2, -0.15) is 0 Å². The fourth-order valence-electron chi connectivity index (χ4n) is 3.01. The Morgan fingerprint density at radius 2 is 1.93 bits per heavy atom. The number of hydrogen-bond acceptors (Lipinski definition) is 5. The molecular weight excluding hydrogens is 374 g/mol. The van der Waals surface area contributed by atoms with Crippen LogP contribution in [0.3, 0.4) is 0 Å². The lowest BCUT2D eigenvalue weighted by Gasteiger charge is -2.07. The van der Waals surface area contributed by atoms with Crippen LogP contribution < -0.4 is 15.6 Å². The second-order valence-corrected chi connectivity index (χ2v) is 7.22. The van der Waals surface area contributed by atoms with Crippen LogP contribution in [0.2, 0.25) is 0 Å². The first-order valence-electron chi connectivity index (χ1n) is 8.57. The van der Waals surface area contributed by atoms with Crippen molar-refractivity contribution in [3.63, 3.8) is 0 Å². The minimum atomic E-state index is -0.231. The van der Waals surface area contributed by atoms with E-state index in [1.807, 2.05) is 48.5 Å². The Morgan fingerprint density at radius 1 is 1.11 bits per heavy atom. The van der Waals surface area contributed by atoms with E-state index in [1.54, 1.807) is 30.9 Å². The minimum absolute atomic E-state index is 0.133. The van der Waals surface area contributed by atoms with Crippen LogP contribution in [0.25, 0.3) is 17.0 Å². The van der Waals surface area contributed by atoms with Crippen molar-refractivity contribution in [2.45, 2.75) is 0 Å². The number of carbonyl (C=O) groups excluding carboxylic acids is 1. The molecule has 2 heterocycles. The van der Waals surface area contributed by atoms with Crippen LogP contribution in [-0.4, -0.2) is 22.8 Å². The van der Waals surface area contributed by atoms with E-state index in [1.165, 1.54) is 0 Å². The number of hydrogen-bond donors (Lipinski definition) is 1. The van der Waals surface area contributed by atoms with Crippen LogP contribution in [0, 0.1) is 0 Å². The summed E-state index contributed by atoms with van der Waals surface area (Å²) in [5.41, 5.74) is 1.87. The first-order valence-corrected chi connectivity index (χ1v) is 9.39. The van der Waals surface area contributed by atoms with E-state index in [9.17, 15) is 9.59 Å². The zero-order valence-electron chi connectivity index (χ0n) is 15.3. The van der Waals surface area contributed by atoms with Crippen LogP contribution in [0.4, 0.5) is 10.5 Å². The fraction of sp³-hybridized carbons (Fsp3) is 0.0952. The number of fused-ring (bicyclic) bond motifs is 1. The van der Waals surface area contributed by atoms with Crippen molar-refractivity contribution in [2.24, 2.45) is 12.0 Å². The summed E-state index contributed by atoms with van der Waals surface area (Å²) >= 11 is 1.02. The van der Waals surface area contributed by atoms with Gasteiger partial charge in [0.2, 0.25) is 0 Å². The third-order valence-corrected chi connectivity index (χ3v) is 5.22. The molecule has 1 N–H and O–H groups in total. The molecule has 1 fully saturated rings. The van der Waals surface area contributed by atoms with E-state index in [2.05, 4.69) is 10.3 Å². The minimum Gasteiger partial charge on any atom is -0.497 e. The molecule has 0 radical (unpaired) electrons. The second kappa shape index (κ2) is 7.36. The zero-order valence-corrected chi connectivity index (χ0v) is 16.1. The second-order valence-electron chi connectivity index (χ2n) is 6.21. The standard InChI is InChI=1S/C21H17N3O3S/c1-24-17-9-4-3-6-13(17)10-14(20(24)25)11-18-19(23-21(26)28-18)22-15-7-5-8-16(12-15)27-2/h3-12H,1-2H3,(H,22,23,26). The van der Waals surface area contributed by atoms with Crippen molar-refractivity contribution >= 4 is 45.5 Å². The van der Waals surface area contributed by atoms with Gasteiger partial charge in [-0.25, -0.2) is 4.99 Å². The smallest absolute Gasteiger partial charge is 0.289 e. The molecule has 0 bridgehead atoms. The lowest BCUT2D eigenvalue weighted by Crippen LogP contribution is -2.20. The monoisotopic (exact) mass is 391 g/mol. The molecular formula is C21H17N3O3S. The van der Waals surface area contributed by atoms with Gasteiger partial charge in [-0.05, 0) is 47.5 Å². The molecule has 1 saturated heterocycles. The summed E-state index contributed by atoms with van der Waals surface area (Å²) < 4.78 is 6.82. The number of aromatic nitrogens is 1. The van der Waals surface area contributed by atoms with Crippen molar-refractivity contribution in [1.29, 1.82) is 0 Å². The van der Waals surface area contributed by atoms with Gasteiger partial charge < -0.3 is 14.6 Å². The quantitative estimate of drug-likeness (QED) is 0.730. The third kappa shape index (κ3) is 3.44. The fourth-order valence-corrected chi connectivity index (χ4v) is 3.74. The van der Waals surface area contributed by atoms with Crippen molar-refractivity contribution in [2.75, 3.05) is 7.11 Å². The Bertz CT molecular complexity index is 1210. The molecule has 0 saturated carbocycles. The topological polar surface area (TPSA) is 72.7 Å². The molecule has 2 aromatic carbocycles. The highest BCUT2D eigenvalue weighted by Crippen LogP contribution is 2.29. The normalized spacial score (nSPS) is 16.7. The molecule has 6 nitrogen and oxygen atoms in total. The maximum atomic E-state index is 12.7. The van der Waals surface area contributed by atoms with Crippen LogP contribution in [-0.2, 0) is 7.05 Å². The number of rotatable bonds is 3. The van der Waals surface area contributed by atoms with Crippen molar-refractivity contribution in [3.05, 3.63) is 75.4 Å². The van der Waals surface area contributed by atoms with Crippen molar-refractivity contribution in [3.8, 4) is 5.75 Å². The lowest BCUT2D eigenvalue weighted by atomic mass is 10.1. The summed E-state index contributed by atoms with van der Waals surface area (Å²) in [6.45, 7) is 0. The van der Waals surface area contributed by atoms with Crippen LogP contribution in [0.1, 0.15) is 5.56 Å². The summed E-state index contributed by atoms with van der Waals surface area (Å²) in [4.78, 5) is 29.8. The van der Waals surface area contributed by atoms with Crippen LogP contribution in [0.15, 0.2) is 69.3 Å². The summed E-state index contributed by atoms with van der Waals surface area (Å²) in [6.07, 6.45) is 1.70. The number of benzene rings is 2. The van der Waals surface area contributed by atoms with E-state index in [0.717, 1.165) is 22.7 Å². The van der Waals surface area contributed by atoms with Gasteiger partial charge in [-0.3, -0.25) is 9.59 Å². The van der Waals surface area contributed by atoms with Gasteiger partial charge in [0.25, 0.3) is 10.8 Å². The number of aryl methyl sites for hydroxylation is 1. The maximum absolute atomic E-state index is 12.7. The molecule has 0 unspecified atom stereocenters. The average Bonchev–Trinajstić information content (AvgIpc) is 3.04. The van der Waals surface area contributed by atoms with Gasteiger partial charge in [-0.15, -0.1) is 0 Å². The van der Waals surface area contributed by atoms with E-state index in [-0.39, 0.29) is 10.8 Å². The number of ether oxygens (including phenoxy) is 1. The SMILES string of the molecule is COc1cccc(N=C2NC(=O)SC2=Cc2cc3ccccc3n(C)c2=O)c1. The van der Waals surface area contributed by atoms with Gasteiger partial charge in [-0.1, -0.05) is 24.3 Å². The number of nitrogens with zero attached hydrogens (tertiary/aromatic N) is 2. The molecule has 28 heavy (non-hydrogen) atoms. The first kappa shape index (κ1) is 18.1. The Kier molecular flexibility index (Phi) is 4.75. The van der Waals surface area contributed by atoms with Gasteiger partial charge in [0.15, 0.2) is 0 Å². The third-order valence-electron chi connectivity index (χ3n) is 4.40. The number of carbonyl (C=O) groups is 1. The summed E-state index contributed by atoms with van der Waals surface area (Å²) in [5, 5.41) is 3.46. The highest BCUT2D eigenvalue weighted by molar-refractivity contribution is 8.18. The number of nitrogens with one attached hydrogen (secondary N) is 1. The number of amides is 1. The molecule has 1 amide bonds. The number of methoxy groups -OCH3 is 1. The first-order chi connectivity index (χ1) is 13.5. The van der Waals surface area contributed by atoms with Crippen molar-refractivity contribution < 1.29 is 9.53 Å². The largest absolute Gasteiger partial charge is 0.497 e. The Balaban J connectivity index is 1.80. The van der Waals surface area contributed by atoms with Gasteiger partial charge in [0.1, 0.15) is 11.6 Å². The number of para-hydroxylation sites is 1. The average molecular weight is 391 g/mol. The van der Waals surface area contributed by atoms with Gasteiger partial charge in [0.05, 0.1) is 23.2 Å². The molecule has 0 spiro atoms. The van der Waals surface area contributed by atoms with Crippen molar-refractivity contribution in [1.82, 2.24) is 9.88 Å². The number of aliphatic imine (C=N–C) groups is 1. The molecule has 1 aliphatic heterocycles. The van der Waals surface area contributed by atoms with E-state index >= 15 is 0 Å². The lowest BCUT2D eigenvalue weighted by molar-refractivity contribution is 0.265. The summed E-state index contributed by atoms with van der Waals surface area (Å²) in [5.74, 6) is 1.09. The molecule has 7 heteroatoms. The molecule has 1 aliphatic rings. The Hall–Kier alpha value is -3.32. The number of thioether (sulfide) groups is 1. The molecule has 1 aromatic heterocycles. The Labute approximate surface area is 165 Å². The Morgan fingerprint density at radius 3 is 2.75 bits per heavy atom. The summed E-state index contributed by atoms with van der Waals surface area (Å²) in [7, 11) is 3.32. The molecule has 0 aliphatic carbocycles. The predicted molar refractivity (Wildman–Crippen MR) is 113 cm³/mol. The number of pyridine rings is 1. The van der Waals surface area contributed by atoms with E-state index in [0.29, 0.717) is 27.7 Å². The van der Waals surface area contributed by atoms with Gasteiger partial charge in [0, 0.05) is 18.7 Å². The highest BCUT2D eigenvalue weighted by Gasteiger charge is 2.24. The van der Waals surface area contributed by atoms with Gasteiger partial charge >= 0.3 is 0 Å². The molecule has 140 valence electrons. The van der Waals surface area contributed by atoms with E-state index < -0.39 is 0 Å². The molecule has 4 rings (SSSR count). The zero-order chi connectivity index (χ0) is 19.7. The highest BCUT2D eigenvalue weighted by atomic mass is 32.2.